The summed E-state index contributed by atoms with van der Waals surface area (Å²) in [5.74, 6) is -1.75. The van der Waals surface area contributed by atoms with Crippen molar-refractivity contribution in [1.82, 2.24) is 0 Å². The second kappa shape index (κ2) is 4.28. The minimum atomic E-state index is -4.38. The molecule has 1 aliphatic rings. The molecule has 0 unspecified atom stereocenters. The highest BCUT2D eigenvalue weighted by Gasteiger charge is 2.38. The number of hydrogen-bond donors (Lipinski definition) is 0. The van der Waals surface area contributed by atoms with Crippen molar-refractivity contribution < 1.29 is 22.8 Å². The number of benzene rings is 1. The zero-order valence-electron chi connectivity index (χ0n) is 8.92. The Morgan fingerprint density at radius 2 is 1.89 bits per heavy atom. The van der Waals surface area contributed by atoms with Crippen molar-refractivity contribution in [2.24, 2.45) is 0 Å². The van der Waals surface area contributed by atoms with Gasteiger partial charge in [-0.3, -0.25) is 9.59 Å². The summed E-state index contributed by atoms with van der Waals surface area (Å²) >= 11 is 5.70. The van der Waals surface area contributed by atoms with E-state index in [-0.39, 0.29) is 16.3 Å². The van der Waals surface area contributed by atoms with Crippen molar-refractivity contribution in [3.63, 3.8) is 0 Å². The molecule has 0 bridgehead atoms. The van der Waals surface area contributed by atoms with Crippen molar-refractivity contribution in [3.8, 4) is 0 Å². The predicted octanol–water partition coefficient (Wildman–Crippen LogP) is 2.82. The number of alkyl halides is 3. The summed E-state index contributed by atoms with van der Waals surface area (Å²) in [6.45, 7) is -0.582. The third kappa shape index (κ3) is 2.33. The Balaban J connectivity index is 2.30. The Morgan fingerprint density at radius 3 is 2.50 bits per heavy atom. The third-order valence-electron chi connectivity index (χ3n) is 2.55. The van der Waals surface area contributed by atoms with Gasteiger partial charge >= 0.3 is 6.18 Å². The molecule has 0 aromatic heterocycles. The standard InChI is InChI=1S/C11H7ClF3NO2/c12-6-1-2-7-8(5-6)16(10(18)9(7)17)4-3-11(13,14)15/h1-2,5H,3-4H2. The van der Waals surface area contributed by atoms with Crippen LogP contribution in [-0.2, 0) is 4.79 Å². The van der Waals surface area contributed by atoms with E-state index in [4.69, 9.17) is 11.6 Å². The van der Waals surface area contributed by atoms with E-state index in [1.54, 1.807) is 0 Å². The molecule has 0 fully saturated rings. The monoisotopic (exact) mass is 277 g/mol. The molecule has 0 N–H and O–H groups in total. The van der Waals surface area contributed by atoms with Gasteiger partial charge in [-0.1, -0.05) is 11.6 Å². The van der Waals surface area contributed by atoms with E-state index >= 15 is 0 Å². The number of Topliss-reactive ketones (excluding diaryl/α,β-unsaturated/α-hetero) is 1. The molecular formula is C11H7ClF3NO2. The van der Waals surface area contributed by atoms with E-state index in [9.17, 15) is 22.8 Å². The normalized spacial score (nSPS) is 15.2. The second-order valence-electron chi connectivity index (χ2n) is 3.81. The number of fused-ring (bicyclic) bond motifs is 1. The Hall–Kier alpha value is -1.56. The van der Waals surface area contributed by atoms with Crippen LogP contribution in [0.2, 0.25) is 5.02 Å². The van der Waals surface area contributed by atoms with Crippen LogP contribution in [0.25, 0.3) is 0 Å². The van der Waals surface area contributed by atoms with Crippen LogP contribution in [0, 0.1) is 0 Å². The zero-order valence-corrected chi connectivity index (χ0v) is 9.68. The van der Waals surface area contributed by atoms with Crippen LogP contribution < -0.4 is 4.90 Å². The van der Waals surface area contributed by atoms with Crippen LogP contribution in [0.5, 0.6) is 0 Å². The van der Waals surface area contributed by atoms with Gasteiger partial charge in [-0.25, -0.2) is 0 Å². The Morgan fingerprint density at radius 1 is 1.22 bits per heavy atom. The Kier molecular flexibility index (Phi) is 3.06. The van der Waals surface area contributed by atoms with Gasteiger partial charge in [0.15, 0.2) is 0 Å². The average molecular weight is 278 g/mol. The second-order valence-corrected chi connectivity index (χ2v) is 4.25. The van der Waals surface area contributed by atoms with Gasteiger partial charge in [0.05, 0.1) is 17.7 Å². The summed E-state index contributed by atoms with van der Waals surface area (Å²) in [5, 5.41) is 0.258. The van der Waals surface area contributed by atoms with Gasteiger partial charge in [-0.05, 0) is 18.2 Å². The van der Waals surface area contributed by atoms with Crippen LogP contribution in [-0.4, -0.2) is 24.4 Å². The summed E-state index contributed by atoms with van der Waals surface area (Å²) in [6, 6.07) is 4.07. The van der Waals surface area contributed by atoms with Crippen molar-refractivity contribution in [3.05, 3.63) is 28.8 Å². The van der Waals surface area contributed by atoms with Gasteiger partial charge in [-0.2, -0.15) is 13.2 Å². The molecule has 96 valence electrons. The molecule has 1 aromatic carbocycles. The number of rotatable bonds is 2. The maximum atomic E-state index is 12.1. The lowest BCUT2D eigenvalue weighted by Crippen LogP contribution is -2.33. The Bertz CT molecular complexity index is 528. The van der Waals surface area contributed by atoms with Gasteiger partial charge in [0.2, 0.25) is 0 Å². The summed E-state index contributed by atoms with van der Waals surface area (Å²) < 4.78 is 36.4. The van der Waals surface area contributed by atoms with E-state index in [0.29, 0.717) is 0 Å². The highest BCUT2D eigenvalue weighted by atomic mass is 35.5. The lowest BCUT2D eigenvalue weighted by Gasteiger charge is -2.17. The topological polar surface area (TPSA) is 37.4 Å². The molecule has 7 heteroatoms. The molecule has 0 saturated heterocycles. The predicted molar refractivity (Wildman–Crippen MR) is 58.8 cm³/mol. The lowest BCUT2D eigenvalue weighted by atomic mass is 10.1. The fourth-order valence-corrected chi connectivity index (χ4v) is 1.89. The van der Waals surface area contributed by atoms with Crippen molar-refractivity contribution in [2.75, 3.05) is 11.4 Å². The molecule has 1 heterocycles. The van der Waals surface area contributed by atoms with Gasteiger partial charge in [-0.15, -0.1) is 0 Å². The molecule has 3 nitrogen and oxygen atoms in total. The number of anilines is 1. The lowest BCUT2D eigenvalue weighted by molar-refractivity contribution is -0.133. The summed E-state index contributed by atoms with van der Waals surface area (Å²) in [6.07, 6.45) is -5.55. The van der Waals surface area contributed by atoms with Crippen LogP contribution >= 0.6 is 11.6 Å². The number of amides is 1. The van der Waals surface area contributed by atoms with Crippen LogP contribution in [0.1, 0.15) is 16.8 Å². The first-order chi connectivity index (χ1) is 8.29. The number of ketones is 1. The van der Waals surface area contributed by atoms with Gasteiger partial charge in [0, 0.05) is 11.6 Å². The first-order valence-corrected chi connectivity index (χ1v) is 5.40. The van der Waals surface area contributed by atoms with Gasteiger partial charge < -0.3 is 4.90 Å². The Labute approximate surface area is 105 Å². The van der Waals surface area contributed by atoms with Crippen molar-refractivity contribution >= 4 is 29.0 Å². The van der Waals surface area contributed by atoms with Crippen LogP contribution in [0.15, 0.2) is 18.2 Å². The van der Waals surface area contributed by atoms with Gasteiger partial charge in [0.1, 0.15) is 0 Å². The summed E-state index contributed by atoms with van der Waals surface area (Å²) in [7, 11) is 0. The highest BCUT2D eigenvalue weighted by molar-refractivity contribution is 6.52. The molecule has 1 aromatic rings. The van der Waals surface area contributed by atoms with E-state index in [0.717, 1.165) is 4.90 Å². The maximum absolute atomic E-state index is 12.1. The van der Waals surface area contributed by atoms with Crippen molar-refractivity contribution in [2.45, 2.75) is 12.6 Å². The first kappa shape index (κ1) is 12.9. The molecular weight excluding hydrogens is 271 g/mol. The number of carbonyl (C=O) groups is 2. The fraction of sp³-hybridized carbons (Fsp3) is 0.273. The molecule has 0 atom stereocenters. The largest absolute Gasteiger partial charge is 0.390 e. The van der Waals surface area contributed by atoms with Crippen LogP contribution in [0.3, 0.4) is 0 Å². The van der Waals surface area contributed by atoms with Crippen molar-refractivity contribution in [1.29, 1.82) is 0 Å². The molecule has 0 aliphatic carbocycles. The SMILES string of the molecule is O=C1C(=O)N(CCC(F)(F)F)c2cc(Cl)ccc21. The molecule has 18 heavy (non-hydrogen) atoms. The van der Waals surface area contributed by atoms with E-state index in [1.807, 2.05) is 0 Å². The average Bonchev–Trinajstić information content (AvgIpc) is 2.48. The smallest absolute Gasteiger partial charge is 0.304 e. The molecule has 0 radical (unpaired) electrons. The fourth-order valence-electron chi connectivity index (χ4n) is 1.73. The van der Waals surface area contributed by atoms with Gasteiger partial charge in [0.25, 0.3) is 11.7 Å². The zero-order chi connectivity index (χ0) is 13.5. The number of nitrogens with zero attached hydrogens (tertiary/aromatic N) is 1. The van der Waals surface area contributed by atoms with E-state index in [1.165, 1.54) is 18.2 Å². The third-order valence-corrected chi connectivity index (χ3v) is 2.79. The molecule has 0 spiro atoms. The molecule has 1 aliphatic heterocycles. The minimum absolute atomic E-state index is 0.0894. The van der Waals surface area contributed by atoms with Crippen LogP contribution in [0.4, 0.5) is 18.9 Å². The number of carbonyl (C=O) groups excluding carboxylic acids is 2. The molecule has 2 rings (SSSR count). The highest BCUT2D eigenvalue weighted by Crippen LogP contribution is 2.32. The molecule has 1 amide bonds. The van der Waals surface area contributed by atoms with E-state index in [2.05, 4.69) is 0 Å². The first-order valence-electron chi connectivity index (χ1n) is 5.02. The number of halogens is 4. The maximum Gasteiger partial charge on any atom is 0.390 e. The molecule has 0 saturated carbocycles. The van der Waals surface area contributed by atoms with E-state index < -0.39 is 30.8 Å². The quantitative estimate of drug-likeness (QED) is 0.780. The summed E-state index contributed by atoms with van der Waals surface area (Å²) in [5.41, 5.74) is 0.230. The summed E-state index contributed by atoms with van der Waals surface area (Å²) in [4.78, 5) is 23.9. The minimum Gasteiger partial charge on any atom is -0.304 e. The number of hydrogen-bond acceptors (Lipinski definition) is 2.